The summed E-state index contributed by atoms with van der Waals surface area (Å²) < 4.78 is 71.0. The Morgan fingerprint density at radius 2 is 1.42 bits per heavy atom. The van der Waals surface area contributed by atoms with Gasteiger partial charge in [0.15, 0.2) is 0 Å². The molecule has 0 unspecified atom stereocenters. The number of methoxy groups -OCH3 is 1. The van der Waals surface area contributed by atoms with Crippen molar-refractivity contribution >= 4 is 0 Å². The fourth-order valence-corrected chi connectivity index (χ4v) is 2.20. The molecule has 0 aromatic heterocycles. The van der Waals surface area contributed by atoms with Crippen LogP contribution in [0.4, 0.5) is 17.6 Å². The molecule has 0 saturated carbocycles. The van der Waals surface area contributed by atoms with Gasteiger partial charge in [0.2, 0.25) is 0 Å². The molecule has 2 aromatic rings. The molecule has 0 bridgehead atoms. The Morgan fingerprint density at radius 3 is 1.96 bits per heavy atom. The van der Waals surface area contributed by atoms with Gasteiger partial charge in [-0.2, -0.15) is 5.26 Å². The third kappa shape index (κ3) is 4.71. The lowest BCUT2D eigenvalue weighted by Crippen LogP contribution is -2.10. The third-order valence-electron chi connectivity index (χ3n) is 3.39. The van der Waals surface area contributed by atoms with Crippen LogP contribution in [0.1, 0.15) is 5.56 Å². The minimum absolute atomic E-state index is 0.0576. The predicted molar refractivity (Wildman–Crippen MR) is 84.6 cm³/mol. The van der Waals surface area contributed by atoms with Gasteiger partial charge in [-0.15, -0.1) is 0 Å². The minimum Gasteiger partial charge on any atom is -0.491 e. The molecule has 0 radical (unpaired) electrons. The van der Waals surface area contributed by atoms with Crippen LogP contribution >= 0.6 is 0 Å². The van der Waals surface area contributed by atoms with Gasteiger partial charge in [0.05, 0.1) is 25.4 Å². The highest BCUT2D eigenvalue weighted by molar-refractivity contribution is 5.67. The highest BCUT2D eigenvalue weighted by Crippen LogP contribution is 2.31. The molecule has 26 heavy (non-hydrogen) atoms. The van der Waals surface area contributed by atoms with E-state index in [1.165, 1.54) is 13.2 Å². The fraction of sp³-hybridized carbons (Fsp3) is 0.278. The van der Waals surface area contributed by atoms with Gasteiger partial charge >= 0.3 is 0 Å². The first-order chi connectivity index (χ1) is 12.5. The number of hydrogen-bond acceptors (Lipinski definition) is 4. The Hall–Kier alpha value is -2.63. The molecule has 0 heterocycles. The van der Waals surface area contributed by atoms with E-state index < -0.39 is 34.4 Å². The van der Waals surface area contributed by atoms with Gasteiger partial charge in [0, 0.05) is 19.2 Å². The maximum atomic E-state index is 14.2. The van der Waals surface area contributed by atoms with E-state index in [4.69, 9.17) is 19.5 Å². The molecule has 0 saturated heterocycles. The average Bonchev–Trinajstić information content (AvgIpc) is 2.57. The Labute approximate surface area is 147 Å². The van der Waals surface area contributed by atoms with E-state index in [2.05, 4.69) is 0 Å². The molecule has 0 fully saturated rings. The van der Waals surface area contributed by atoms with Crippen LogP contribution in [0.3, 0.4) is 0 Å². The summed E-state index contributed by atoms with van der Waals surface area (Å²) in [7, 11) is 1.53. The van der Waals surface area contributed by atoms with Crippen molar-refractivity contribution in [2.75, 3.05) is 33.5 Å². The van der Waals surface area contributed by atoms with Gasteiger partial charge in [0.25, 0.3) is 0 Å². The summed E-state index contributed by atoms with van der Waals surface area (Å²) in [5, 5.41) is 8.64. The zero-order chi connectivity index (χ0) is 19.1. The molecule has 0 aliphatic carbocycles. The summed E-state index contributed by atoms with van der Waals surface area (Å²) in [5.74, 6) is -4.59. The minimum atomic E-state index is -1.20. The molecule has 2 aromatic carbocycles. The van der Waals surface area contributed by atoms with E-state index in [1.54, 1.807) is 0 Å². The molecule has 0 aliphatic heterocycles. The van der Waals surface area contributed by atoms with E-state index in [1.807, 2.05) is 0 Å². The molecule has 0 amide bonds. The number of hydrogen-bond donors (Lipinski definition) is 0. The maximum Gasteiger partial charge on any atom is 0.144 e. The first-order valence-electron chi connectivity index (χ1n) is 7.56. The molecule has 0 N–H and O–H groups in total. The van der Waals surface area contributed by atoms with Crippen molar-refractivity contribution in [2.24, 2.45) is 0 Å². The normalized spacial score (nSPS) is 10.6. The second kappa shape index (κ2) is 9.17. The molecule has 0 atom stereocenters. The lowest BCUT2D eigenvalue weighted by molar-refractivity contribution is 0.0543. The van der Waals surface area contributed by atoms with Gasteiger partial charge < -0.3 is 14.2 Å². The topological polar surface area (TPSA) is 51.5 Å². The fourth-order valence-electron chi connectivity index (χ4n) is 2.20. The number of halogens is 4. The Balaban J connectivity index is 2.16. The summed E-state index contributed by atoms with van der Waals surface area (Å²) >= 11 is 0. The van der Waals surface area contributed by atoms with Crippen LogP contribution in [-0.2, 0) is 9.47 Å². The van der Waals surface area contributed by atoms with E-state index in [0.29, 0.717) is 25.3 Å². The first-order valence-corrected chi connectivity index (χ1v) is 7.56. The van der Waals surface area contributed by atoms with E-state index in [9.17, 15) is 17.6 Å². The molecular weight excluding hydrogens is 354 g/mol. The molecule has 0 aliphatic rings. The third-order valence-corrected chi connectivity index (χ3v) is 3.39. The lowest BCUT2D eigenvalue weighted by atomic mass is 10.0. The second-order valence-electron chi connectivity index (χ2n) is 5.14. The van der Waals surface area contributed by atoms with Gasteiger partial charge in [-0.1, -0.05) is 0 Å². The second-order valence-corrected chi connectivity index (χ2v) is 5.14. The van der Waals surface area contributed by atoms with Gasteiger partial charge in [-0.3, -0.25) is 0 Å². The number of benzene rings is 2. The first kappa shape index (κ1) is 19.7. The van der Waals surface area contributed by atoms with Gasteiger partial charge in [0.1, 0.15) is 47.3 Å². The number of rotatable bonds is 8. The lowest BCUT2D eigenvalue weighted by Gasteiger charge is -2.11. The van der Waals surface area contributed by atoms with Crippen LogP contribution in [-0.4, -0.2) is 33.5 Å². The van der Waals surface area contributed by atoms with Crippen molar-refractivity contribution in [3.8, 4) is 22.9 Å². The Morgan fingerprint density at radius 1 is 0.846 bits per heavy atom. The molecule has 8 heteroatoms. The van der Waals surface area contributed by atoms with Gasteiger partial charge in [-0.25, -0.2) is 17.6 Å². The Kier molecular flexibility index (Phi) is 6.95. The number of ether oxygens (including phenoxy) is 3. The van der Waals surface area contributed by atoms with Crippen molar-refractivity contribution in [1.82, 2.24) is 0 Å². The molecule has 2 rings (SSSR count). The van der Waals surface area contributed by atoms with E-state index in [0.717, 1.165) is 12.1 Å². The molecular formula is C18H15F4NO3. The number of nitriles is 1. The van der Waals surface area contributed by atoms with Crippen molar-refractivity contribution in [2.45, 2.75) is 0 Å². The van der Waals surface area contributed by atoms with Crippen LogP contribution in [0.15, 0.2) is 24.3 Å². The highest BCUT2D eigenvalue weighted by Gasteiger charge is 2.18. The molecule has 0 spiro atoms. The summed E-state index contributed by atoms with van der Waals surface area (Å²) in [6, 6.07) is 4.56. The summed E-state index contributed by atoms with van der Waals surface area (Å²) in [5.41, 5.74) is -1.79. The predicted octanol–water partition coefficient (Wildman–Crippen LogP) is 3.82. The smallest absolute Gasteiger partial charge is 0.144 e. The molecule has 138 valence electrons. The van der Waals surface area contributed by atoms with Crippen LogP contribution in [0.2, 0.25) is 0 Å². The van der Waals surface area contributed by atoms with Crippen molar-refractivity contribution in [3.63, 3.8) is 0 Å². The standard InChI is InChI=1S/C18H15F4NO3/c1-24-2-3-25-4-5-26-12-8-16(21)18(17(22)9-12)11-6-14(19)13(10-23)15(20)7-11/h6-9H,2-5H2,1H3. The Bertz CT molecular complexity index is 775. The summed E-state index contributed by atoms with van der Waals surface area (Å²) in [6.07, 6.45) is 0. The van der Waals surface area contributed by atoms with E-state index in [-0.39, 0.29) is 24.5 Å². The largest absolute Gasteiger partial charge is 0.491 e. The van der Waals surface area contributed by atoms with Crippen LogP contribution in [0, 0.1) is 34.6 Å². The van der Waals surface area contributed by atoms with Crippen LogP contribution in [0.5, 0.6) is 5.75 Å². The summed E-state index contributed by atoms with van der Waals surface area (Å²) in [4.78, 5) is 0. The van der Waals surface area contributed by atoms with Crippen molar-refractivity contribution in [1.29, 1.82) is 5.26 Å². The quantitative estimate of drug-likeness (QED) is 0.524. The van der Waals surface area contributed by atoms with Crippen molar-refractivity contribution in [3.05, 3.63) is 53.1 Å². The SMILES string of the molecule is COCCOCCOc1cc(F)c(-c2cc(F)c(C#N)c(F)c2)c(F)c1. The van der Waals surface area contributed by atoms with Gasteiger partial charge in [-0.05, 0) is 17.7 Å². The van der Waals surface area contributed by atoms with Crippen LogP contribution in [0.25, 0.3) is 11.1 Å². The highest BCUT2D eigenvalue weighted by atomic mass is 19.1. The number of nitrogens with zero attached hydrogens (tertiary/aromatic N) is 1. The molecule has 4 nitrogen and oxygen atoms in total. The van der Waals surface area contributed by atoms with Crippen molar-refractivity contribution < 1.29 is 31.8 Å². The monoisotopic (exact) mass is 369 g/mol. The average molecular weight is 369 g/mol. The van der Waals surface area contributed by atoms with E-state index >= 15 is 0 Å². The van der Waals surface area contributed by atoms with Crippen LogP contribution < -0.4 is 4.74 Å². The maximum absolute atomic E-state index is 14.2. The zero-order valence-corrected chi connectivity index (χ0v) is 13.8. The summed E-state index contributed by atoms with van der Waals surface area (Å²) in [6.45, 7) is 1.02. The zero-order valence-electron chi connectivity index (χ0n) is 13.8.